The molecule has 0 unspecified atom stereocenters. The molecular weight excluding hydrogens is 264 g/mol. The van der Waals surface area contributed by atoms with Gasteiger partial charge in [0, 0.05) is 13.6 Å². The molecule has 0 saturated carbocycles. The van der Waals surface area contributed by atoms with Crippen molar-refractivity contribution in [2.75, 3.05) is 13.6 Å². The van der Waals surface area contributed by atoms with Crippen molar-refractivity contribution in [2.24, 2.45) is 5.92 Å². The van der Waals surface area contributed by atoms with Gasteiger partial charge in [-0.1, -0.05) is 0 Å². The van der Waals surface area contributed by atoms with E-state index in [4.69, 9.17) is 4.42 Å². The molecule has 7 nitrogen and oxygen atoms in total. The van der Waals surface area contributed by atoms with Crippen LogP contribution in [-0.2, 0) is 9.59 Å². The van der Waals surface area contributed by atoms with E-state index in [1.807, 2.05) is 0 Å². The zero-order chi connectivity index (χ0) is 14.7. The summed E-state index contributed by atoms with van der Waals surface area (Å²) in [6, 6.07) is 2.11. The molecule has 0 bridgehead atoms. The number of carboxylic acid groups (broad SMARTS) is 1. The summed E-state index contributed by atoms with van der Waals surface area (Å²) in [5.41, 5.74) is 0. The number of rotatable bonds is 3. The molecule has 1 saturated heterocycles. The van der Waals surface area contributed by atoms with Crippen LogP contribution in [0.3, 0.4) is 0 Å². The summed E-state index contributed by atoms with van der Waals surface area (Å²) in [6.07, 6.45) is 2.04. The first-order valence-corrected chi connectivity index (χ1v) is 6.33. The molecule has 2 amide bonds. The number of hydrogen-bond acceptors (Lipinski definition) is 4. The Morgan fingerprint density at radius 2 is 2.15 bits per heavy atom. The van der Waals surface area contributed by atoms with Crippen LogP contribution in [0, 0.1) is 5.92 Å². The molecule has 20 heavy (non-hydrogen) atoms. The molecule has 108 valence electrons. The van der Waals surface area contributed by atoms with Crippen LogP contribution in [0.4, 0.5) is 0 Å². The molecule has 1 aliphatic rings. The minimum absolute atomic E-state index is 0.0776. The molecule has 2 N–H and O–H groups in total. The lowest BCUT2D eigenvalue weighted by Gasteiger charge is -2.36. The van der Waals surface area contributed by atoms with Crippen LogP contribution < -0.4 is 5.32 Å². The van der Waals surface area contributed by atoms with E-state index in [-0.39, 0.29) is 24.6 Å². The summed E-state index contributed by atoms with van der Waals surface area (Å²) in [4.78, 5) is 36.4. The van der Waals surface area contributed by atoms with Gasteiger partial charge >= 0.3 is 5.97 Å². The summed E-state index contributed by atoms with van der Waals surface area (Å²) >= 11 is 0. The van der Waals surface area contributed by atoms with Gasteiger partial charge in [-0.15, -0.1) is 0 Å². The fourth-order valence-electron chi connectivity index (χ4n) is 2.41. The Bertz CT molecular complexity index is 511. The number of carboxylic acids is 1. The summed E-state index contributed by atoms with van der Waals surface area (Å²) in [7, 11) is 1.52. The quantitative estimate of drug-likeness (QED) is 0.831. The van der Waals surface area contributed by atoms with Crippen molar-refractivity contribution in [1.82, 2.24) is 10.2 Å². The smallest absolute Gasteiger partial charge is 0.326 e. The fourth-order valence-corrected chi connectivity index (χ4v) is 2.41. The first kappa shape index (κ1) is 14.1. The van der Waals surface area contributed by atoms with E-state index in [0.717, 1.165) is 0 Å². The monoisotopic (exact) mass is 280 g/mol. The van der Waals surface area contributed by atoms with Gasteiger partial charge in [-0.05, 0) is 25.0 Å². The van der Waals surface area contributed by atoms with Crippen LogP contribution in [0.15, 0.2) is 22.8 Å². The normalized spacial score (nSPS) is 22.4. The number of likely N-dealkylation sites (tertiary alicyclic amines) is 1. The van der Waals surface area contributed by atoms with Gasteiger partial charge in [0.2, 0.25) is 5.91 Å². The number of aliphatic carboxylic acids is 1. The van der Waals surface area contributed by atoms with E-state index in [1.165, 1.54) is 24.3 Å². The molecule has 0 spiro atoms. The Labute approximate surface area is 115 Å². The molecule has 0 radical (unpaired) electrons. The second-order valence-electron chi connectivity index (χ2n) is 4.68. The molecule has 1 fully saturated rings. The molecule has 2 rings (SSSR count). The highest BCUT2D eigenvalue weighted by Gasteiger charge is 2.39. The predicted molar refractivity (Wildman–Crippen MR) is 68.0 cm³/mol. The van der Waals surface area contributed by atoms with E-state index >= 15 is 0 Å². The maximum atomic E-state index is 12.3. The number of carbonyl (C=O) groups excluding carboxylic acids is 2. The van der Waals surface area contributed by atoms with Crippen LogP contribution in [0.5, 0.6) is 0 Å². The van der Waals surface area contributed by atoms with Crippen LogP contribution >= 0.6 is 0 Å². The minimum Gasteiger partial charge on any atom is -0.480 e. The molecule has 7 heteroatoms. The second kappa shape index (κ2) is 5.77. The Hall–Kier alpha value is -2.31. The Morgan fingerprint density at radius 3 is 2.70 bits per heavy atom. The SMILES string of the molecule is CNC(=O)[C@H]1CC[C@@H](C(=O)O)N(C(=O)c2ccco2)C1. The molecule has 2 atom stereocenters. The average Bonchev–Trinajstić information content (AvgIpc) is 2.99. The van der Waals surface area contributed by atoms with Gasteiger partial charge in [0.15, 0.2) is 5.76 Å². The standard InChI is InChI=1S/C13H16N2O5/c1-14-11(16)8-4-5-9(13(18)19)15(7-8)12(17)10-3-2-6-20-10/h2-3,6,8-9H,4-5,7H2,1H3,(H,14,16)(H,18,19)/t8-,9-/m0/s1. The molecule has 1 aromatic rings. The van der Waals surface area contributed by atoms with Gasteiger partial charge in [-0.2, -0.15) is 0 Å². The van der Waals surface area contributed by atoms with Crippen molar-refractivity contribution < 1.29 is 23.9 Å². The van der Waals surface area contributed by atoms with Crippen molar-refractivity contribution in [3.8, 4) is 0 Å². The molecule has 2 heterocycles. The zero-order valence-electron chi connectivity index (χ0n) is 11.0. The number of hydrogen-bond donors (Lipinski definition) is 2. The minimum atomic E-state index is -1.07. The summed E-state index contributed by atoms with van der Waals surface area (Å²) in [6.45, 7) is 0.0795. The van der Waals surface area contributed by atoms with Crippen molar-refractivity contribution in [2.45, 2.75) is 18.9 Å². The van der Waals surface area contributed by atoms with E-state index < -0.39 is 23.8 Å². The zero-order valence-corrected chi connectivity index (χ0v) is 11.0. The first-order chi connectivity index (χ1) is 9.54. The van der Waals surface area contributed by atoms with Crippen molar-refractivity contribution in [3.63, 3.8) is 0 Å². The Kier molecular flexibility index (Phi) is 4.07. The average molecular weight is 280 g/mol. The lowest BCUT2D eigenvalue weighted by Crippen LogP contribution is -2.53. The highest BCUT2D eigenvalue weighted by Crippen LogP contribution is 2.24. The third-order valence-electron chi connectivity index (χ3n) is 3.48. The maximum Gasteiger partial charge on any atom is 0.326 e. The largest absolute Gasteiger partial charge is 0.480 e. The van der Waals surface area contributed by atoms with Crippen molar-refractivity contribution in [1.29, 1.82) is 0 Å². The molecular formula is C13H16N2O5. The fraction of sp³-hybridized carbons (Fsp3) is 0.462. The van der Waals surface area contributed by atoms with Gasteiger partial charge in [0.1, 0.15) is 6.04 Å². The van der Waals surface area contributed by atoms with E-state index in [9.17, 15) is 19.5 Å². The molecule has 1 aromatic heterocycles. The highest BCUT2D eigenvalue weighted by molar-refractivity contribution is 5.95. The van der Waals surface area contributed by atoms with Crippen LogP contribution in [0.1, 0.15) is 23.4 Å². The number of nitrogens with zero attached hydrogens (tertiary/aromatic N) is 1. The number of piperidine rings is 1. The molecule has 0 aromatic carbocycles. The van der Waals surface area contributed by atoms with E-state index in [1.54, 1.807) is 6.07 Å². The number of amides is 2. The predicted octanol–water partition coefficient (Wildman–Crippen LogP) is 0.331. The van der Waals surface area contributed by atoms with Crippen LogP contribution in [0.25, 0.3) is 0 Å². The Balaban J connectivity index is 2.21. The van der Waals surface area contributed by atoms with Crippen molar-refractivity contribution in [3.05, 3.63) is 24.2 Å². The first-order valence-electron chi connectivity index (χ1n) is 6.33. The van der Waals surface area contributed by atoms with Gasteiger partial charge in [0.05, 0.1) is 12.2 Å². The van der Waals surface area contributed by atoms with Gasteiger partial charge in [-0.3, -0.25) is 9.59 Å². The maximum absolute atomic E-state index is 12.3. The summed E-state index contributed by atoms with van der Waals surface area (Å²) < 4.78 is 5.01. The van der Waals surface area contributed by atoms with Crippen LogP contribution in [-0.4, -0.2) is 47.4 Å². The second-order valence-corrected chi connectivity index (χ2v) is 4.68. The van der Waals surface area contributed by atoms with Gasteiger partial charge in [0.25, 0.3) is 5.91 Å². The lowest BCUT2D eigenvalue weighted by atomic mass is 9.91. The van der Waals surface area contributed by atoms with E-state index in [0.29, 0.717) is 6.42 Å². The Morgan fingerprint density at radius 1 is 1.40 bits per heavy atom. The molecule has 0 aliphatic carbocycles. The topological polar surface area (TPSA) is 99.9 Å². The lowest BCUT2D eigenvalue weighted by molar-refractivity contribution is -0.145. The molecule has 1 aliphatic heterocycles. The number of nitrogens with one attached hydrogen (secondary N) is 1. The third kappa shape index (κ3) is 2.66. The van der Waals surface area contributed by atoms with E-state index in [2.05, 4.69) is 5.32 Å². The van der Waals surface area contributed by atoms with Crippen molar-refractivity contribution >= 4 is 17.8 Å². The highest BCUT2D eigenvalue weighted by atomic mass is 16.4. The van der Waals surface area contributed by atoms with Crippen LogP contribution in [0.2, 0.25) is 0 Å². The number of carbonyl (C=O) groups is 3. The summed E-state index contributed by atoms with van der Waals surface area (Å²) in [5.74, 6) is -2.08. The third-order valence-corrected chi connectivity index (χ3v) is 3.48. The summed E-state index contributed by atoms with van der Waals surface area (Å²) in [5, 5.41) is 11.7. The van der Waals surface area contributed by atoms with Gasteiger partial charge in [-0.25, -0.2) is 4.79 Å². The van der Waals surface area contributed by atoms with Gasteiger partial charge < -0.3 is 19.7 Å². The number of furan rings is 1.